The van der Waals surface area contributed by atoms with Gasteiger partial charge in [-0.05, 0) is 30.0 Å². The van der Waals surface area contributed by atoms with Gasteiger partial charge in [0.05, 0.1) is 5.56 Å². The molecular formula is C14H16FNO3S. The Labute approximate surface area is 121 Å². The maximum atomic E-state index is 13.6. The van der Waals surface area contributed by atoms with Crippen molar-refractivity contribution in [3.05, 3.63) is 41.2 Å². The van der Waals surface area contributed by atoms with Crippen LogP contribution in [0.25, 0.3) is 6.08 Å². The molecule has 0 heterocycles. The van der Waals surface area contributed by atoms with Crippen molar-refractivity contribution in [1.82, 2.24) is 5.32 Å². The maximum Gasteiger partial charge on any atom is 0.328 e. The number of amides is 1. The van der Waals surface area contributed by atoms with Crippen LogP contribution in [0.2, 0.25) is 0 Å². The van der Waals surface area contributed by atoms with Gasteiger partial charge < -0.3 is 10.4 Å². The molecule has 0 radical (unpaired) electrons. The van der Waals surface area contributed by atoms with E-state index in [2.05, 4.69) is 5.32 Å². The van der Waals surface area contributed by atoms with Crippen LogP contribution in [-0.2, 0) is 4.79 Å². The van der Waals surface area contributed by atoms with E-state index in [0.717, 1.165) is 12.1 Å². The molecule has 1 rings (SSSR count). The monoisotopic (exact) mass is 297 g/mol. The second-order valence-corrected chi connectivity index (χ2v) is 5.44. The highest BCUT2D eigenvalue weighted by molar-refractivity contribution is 7.99. The van der Waals surface area contributed by atoms with Gasteiger partial charge in [0.1, 0.15) is 5.82 Å². The number of carbonyl (C=O) groups excluding carboxylic acids is 1. The van der Waals surface area contributed by atoms with Crippen molar-refractivity contribution in [1.29, 1.82) is 0 Å². The lowest BCUT2D eigenvalue weighted by Gasteiger charge is -2.10. The third-order valence-electron chi connectivity index (χ3n) is 2.61. The number of carbonyl (C=O) groups is 2. The van der Waals surface area contributed by atoms with Crippen LogP contribution in [0.1, 0.15) is 22.8 Å². The van der Waals surface area contributed by atoms with Gasteiger partial charge in [0.15, 0.2) is 0 Å². The molecule has 0 aromatic heterocycles. The summed E-state index contributed by atoms with van der Waals surface area (Å²) in [5.74, 6) is -2.24. The van der Waals surface area contributed by atoms with Gasteiger partial charge in [-0.2, -0.15) is 11.8 Å². The summed E-state index contributed by atoms with van der Waals surface area (Å²) in [6, 6.07) is 3.89. The summed E-state index contributed by atoms with van der Waals surface area (Å²) in [5, 5.41) is 11.4. The van der Waals surface area contributed by atoms with E-state index in [-0.39, 0.29) is 10.8 Å². The molecule has 20 heavy (non-hydrogen) atoms. The molecular weight excluding hydrogens is 281 g/mol. The second kappa shape index (κ2) is 7.69. The fourth-order valence-corrected chi connectivity index (χ4v) is 1.65. The standard InChI is InChI=1S/C14H16FNO3S/c1-9(20-2)8-16-14(19)11-7-10(3-5-12(11)15)4-6-13(17)18/h3-7,9H,8H2,1-2H3,(H,16,19)(H,17,18)/b6-4+. The minimum absolute atomic E-state index is 0.0918. The van der Waals surface area contributed by atoms with Gasteiger partial charge in [-0.3, -0.25) is 4.79 Å². The van der Waals surface area contributed by atoms with E-state index in [9.17, 15) is 14.0 Å². The number of benzene rings is 1. The first-order chi connectivity index (χ1) is 9.43. The Kier molecular flexibility index (Phi) is 6.24. The number of hydrogen-bond donors (Lipinski definition) is 2. The van der Waals surface area contributed by atoms with Crippen LogP contribution in [-0.4, -0.2) is 35.0 Å². The number of rotatable bonds is 6. The topological polar surface area (TPSA) is 66.4 Å². The number of carboxylic acid groups (broad SMARTS) is 1. The summed E-state index contributed by atoms with van der Waals surface area (Å²) < 4.78 is 13.6. The Balaban J connectivity index is 2.85. The zero-order chi connectivity index (χ0) is 15.1. The normalized spacial score (nSPS) is 12.3. The van der Waals surface area contributed by atoms with Gasteiger partial charge in [-0.25, -0.2) is 9.18 Å². The van der Waals surface area contributed by atoms with Crippen molar-refractivity contribution in [2.24, 2.45) is 0 Å². The fraction of sp³-hybridized carbons (Fsp3) is 0.286. The average molecular weight is 297 g/mol. The fourth-order valence-electron chi connectivity index (χ4n) is 1.40. The molecule has 0 fully saturated rings. The lowest BCUT2D eigenvalue weighted by Crippen LogP contribution is -2.30. The highest BCUT2D eigenvalue weighted by Gasteiger charge is 2.12. The van der Waals surface area contributed by atoms with Crippen molar-refractivity contribution in [3.8, 4) is 0 Å². The maximum absolute atomic E-state index is 13.6. The van der Waals surface area contributed by atoms with Crippen molar-refractivity contribution in [3.63, 3.8) is 0 Å². The molecule has 1 amide bonds. The first kappa shape index (κ1) is 16.2. The van der Waals surface area contributed by atoms with Crippen LogP contribution in [0.5, 0.6) is 0 Å². The molecule has 2 N–H and O–H groups in total. The van der Waals surface area contributed by atoms with Crippen LogP contribution < -0.4 is 5.32 Å². The minimum atomic E-state index is -1.10. The zero-order valence-corrected chi connectivity index (χ0v) is 12.0. The molecule has 0 saturated heterocycles. The van der Waals surface area contributed by atoms with Crippen LogP contribution >= 0.6 is 11.8 Å². The Morgan fingerprint density at radius 3 is 2.80 bits per heavy atom. The second-order valence-electron chi connectivity index (χ2n) is 4.17. The highest BCUT2D eigenvalue weighted by atomic mass is 32.2. The highest BCUT2D eigenvalue weighted by Crippen LogP contribution is 2.12. The third-order valence-corrected chi connectivity index (χ3v) is 3.58. The van der Waals surface area contributed by atoms with Crippen molar-refractivity contribution in [2.45, 2.75) is 12.2 Å². The van der Waals surface area contributed by atoms with Gasteiger partial charge in [0, 0.05) is 17.9 Å². The average Bonchev–Trinajstić information content (AvgIpc) is 2.43. The Morgan fingerprint density at radius 2 is 2.20 bits per heavy atom. The molecule has 0 aliphatic rings. The summed E-state index contributed by atoms with van der Waals surface area (Å²) in [6.07, 6.45) is 4.17. The smallest absolute Gasteiger partial charge is 0.328 e. The molecule has 1 unspecified atom stereocenters. The summed E-state index contributed by atoms with van der Waals surface area (Å²) in [5.41, 5.74) is 0.364. The number of carboxylic acids is 1. The molecule has 6 heteroatoms. The molecule has 108 valence electrons. The van der Waals surface area contributed by atoms with Gasteiger partial charge in [0.2, 0.25) is 0 Å². The van der Waals surface area contributed by atoms with E-state index in [1.54, 1.807) is 11.8 Å². The molecule has 0 aliphatic heterocycles. The predicted molar refractivity (Wildman–Crippen MR) is 78.4 cm³/mol. The van der Waals surface area contributed by atoms with Gasteiger partial charge >= 0.3 is 5.97 Å². The first-order valence-corrected chi connectivity index (χ1v) is 7.24. The summed E-state index contributed by atoms with van der Waals surface area (Å²) in [4.78, 5) is 22.3. The van der Waals surface area contributed by atoms with Gasteiger partial charge in [-0.1, -0.05) is 13.0 Å². The van der Waals surface area contributed by atoms with E-state index >= 15 is 0 Å². The molecule has 4 nitrogen and oxygen atoms in total. The van der Waals surface area contributed by atoms with E-state index in [4.69, 9.17) is 5.11 Å². The van der Waals surface area contributed by atoms with Crippen molar-refractivity contribution >= 4 is 29.7 Å². The Hall–Kier alpha value is -1.82. The lowest BCUT2D eigenvalue weighted by molar-refractivity contribution is -0.131. The van der Waals surface area contributed by atoms with E-state index in [1.165, 1.54) is 18.2 Å². The van der Waals surface area contributed by atoms with Gasteiger partial charge in [0.25, 0.3) is 5.91 Å². The largest absolute Gasteiger partial charge is 0.478 e. The predicted octanol–water partition coefficient (Wildman–Crippen LogP) is 2.40. The number of halogens is 1. The summed E-state index contributed by atoms with van der Waals surface area (Å²) >= 11 is 1.60. The number of nitrogens with one attached hydrogen (secondary N) is 1. The van der Waals surface area contributed by atoms with Gasteiger partial charge in [-0.15, -0.1) is 0 Å². The van der Waals surface area contributed by atoms with E-state index < -0.39 is 17.7 Å². The van der Waals surface area contributed by atoms with Crippen LogP contribution in [0.15, 0.2) is 24.3 Å². The Bertz CT molecular complexity index is 531. The number of aliphatic carboxylic acids is 1. The number of hydrogen-bond acceptors (Lipinski definition) is 3. The van der Waals surface area contributed by atoms with Crippen LogP contribution in [0.3, 0.4) is 0 Å². The lowest BCUT2D eigenvalue weighted by atomic mass is 10.1. The van der Waals surface area contributed by atoms with Crippen molar-refractivity contribution in [2.75, 3.05) is 12.8 Å². The summed E-state index contributed by atoms with van der Waals surface area (Å²) in [7, 11) is 0. The third kappa shape index (κ3) is 5.05. The first-order valence-electron chi connectivity index (χ1n) is 5.95. The zero-order valence-electron chi connectivity index (χ0n) is 11.2. The molecule has 0 spiro atoms. The van der Waals surface area contributed by atoms with Crippen LogP contribution in [0.4, 0.5) is 4.39 Å². The molecule has 0 saturated carbocycles. The summed E-state index contributed by atoms with van der Waals surface area (Å²) in [6.45, 7) is 2.39. The van der Waals surface area contributed by atoms with E-state index in [0.29, 0.717) is 12.1 Å². The molecule has 1 atom stereocenters. The Morgan fingerprint density at radius 1 is 1.50 bits per heavy atom. The van der Waals surface area contributed by atoms with Crippen molar-refractivity contribution < 1.29 is 19.1 Å². The quantitative estimate of drug-likeness (QED) is 0.791. The molecule has 1 aromatic rings. The SMILES string of the molecule is CSC(C)CNC(=O)c1cc(/C=C/C(=O)O)ccc1F. The number of thioether (sulfide) groups is 1. The molecule has 0 bridgehead atoms. The van der Waals surface area contributed by atoms with E-state index in [1.807, 2.05) is 13.2 Å². The molecule has 0 aliphatic carbocycles. The minimum Gasteiger partial charge on any atom is -0.478 e. The van der Waals surface area contributed by atoms with Crippen LogP contribution in [0, 0.1) is 5.82 Å². The molecule has 1 aromatic carbocycles.